The van der Waals surface area contributed by atoms with Gasteiger partial charge in [0, 0.05) is 38.4 Å². The van der Waals surface area contributed by atoms with Crippen LogP contribution in [0.4, 0.5) is 10.1 Å². The van der Waals surface area contributed by atoms with Crippen molar-refractivity contribution in [2.45, 2.75) is 20.4 Å². The number of hydrogen-bond donors (Lipinski definition) is 1. The summed E-state index contributed by atoms with van der Waals surface area (Å²) in [4.78, 5) is 4.71. The van der Waals surface area contributed by atoms with Gasteiger partial charge in [0.1, 0.15) is 5.82 Å². The molecule has 0 atom stereocenters. The molecular formula is C15H24FN3. The molecule has 0 radical (unpaired) electrons. The zero-order valence-electron chi connectivity index (χ0n) is 12.0. The lowest BCUT2D eigenvalue weighted by atomic mass is 10.1. The van der Waals surface area contributed by atoms with Crippen molar-refractivity contribution in [1.82, 2.24) is 10.2 Å². The molecule has 106 valence electrons. The number of benzene rings is 1. The van der Waals surface area contributed by atoms with Crippen LogP contribution in [0.3, 0.4) is 0 Å². The molecule has 2 rings (SSSR count). The maximum Gasteiger partial charge on any atom is 0.125 e. The van der Waals surface area contributed by atoms with E-state index in [-0.39, 0.29) is 5.82 Å². The van der Waals surface area contributed by atoms with Gasteiger partial charge in [-0.05, 0) is 36.9 Å². The Hall–Kier alpha value is -1.13. The van der Waals surface area contributed by atoms with Crippen LogP contribution in [-0.2, 0) is 6.54 Å². The molecule has 0 unspecified atom stereocenters. The van der Waals surface area contributed by atoms with Crippen LogP contribution in [0.5, 0.6) is 0 Å². The summed E-state index contributed by atoms with van der Waals surface area (Å²) in [5.74, 6) is -0.136. The van der Waals surface area contributed by atoms with Crippen molar-refractivity contribution in [2.75, 3.05) is 44.2 Å². The van der Waals surface area contributed by atoms with Crippen LogP contribution in [0.15, 0.2) is 18.2 Å². The molecule has 1 aromatic rings. The van der Waals surface area contributed by atoms with Crippen molar-refractivity contribution in [1.29, 1.82) is 0 Å². The van der Waals surface area contributed by atoms with Crippen molar-refractivity contribution in [3.8, 4) is 0 Å². The number of nitrogens with zero attached hydrogens (tertiary/aromatic N) is 2. The van der Waals surface area contributed by atoms with Gasteiger partial charge in [-0.2, -0.15) is 0 Å². The van der Waals surface area contributed by atoms with E-state index in [1.54, 1.807) is 12.1 Å². The molecule has 1 N–H and O–H groups in total. The highest BCUT2D eigenvalue weighted by Gasteiger charge is 2.16. The molecule has 1 aliphatic heterocycles. The van der Waals surface area contributed by atoms with Crippen LogP contribution in [0, 0.1) is 5.82 Å². The molecule has 0 amide bonds. The van der Waals surface area contributed by atoms with Gasteiger partial charge in [-0.1, -0.05) is 13.8 Å². The topological polar surface area (TPSA) is 18.5 Å². The number of nitrogens with one attached hydrogen (secondary N) is 1. The molecule has 1 fully saturated rings. The van der Waals surface area contributed by atoms with Crippen molar-refractivity contribution in [2.24, 2.45) is 0 Å². The van der Waals surface area contributed by atoms with Gasteiger partial charge in [-0.15, -0.1) is 0 Å². The first-order chi connectivity index (χ1) is 9.22. The Morgan fingerprint density at radius 1 is 1.11 bits per heavy atom. The van der Waals surface area contributed by atoms with Crippen molar-refractivity contribution in [3.63, 3.8) is 0 Å². The SMILES string of the molecule is CCNCc1cc(F)cc(N2CCN(CC)CC2)c1. The summed E-state index contributed by atoms with van der Waals surface area (Å²) in [6.45, 7) is 11.1. The molecule has 1 saturated heterocycles. The summed E-state index contributed by atoms with van der Waals surface area (Å²) in [5.41, 5.74) is 2.04. The smallest absolute Gasteiger partial charge is 0.125 e. The predicted molar refractivity (Wildman–Crippen MR) is 78.1 cm³/mol. The quantitative estimate of drug-likeness (QED) is 0.879. The fourth-order valence-corrected chi connectivity index (χ4v) is 2.51. The molecule has 4 heteroatoms. The molecule has 1 heterocycles. The number of halogens is 1. The first-order valence-electron chi connectivity index (χ1n) is 7.20. The van der Waals surface area contributed by atoms with Crippen LogP contribution in [0.2, 0.25) is 0 Å². The molecule has 0 aromatic heterocycles. The third-order valence-corrected chi connectivity index (χ3v) is 3.71. The maximum atomic E-state index is 13.7. The Morgan fingerprint density at radius 3 is 2.47 bits per heavy atom. The van der Waals surface area contributed by atoms with E-state index in [9.17, 15) is 4.39 Å². The van der Waals surface area contributed by atoms with Crippen LogP contribution >= 0.6 is 0 Å². The summed E-state index contributed by atoms with van der Waals surface area (Å²) < 4.78 is 13.7. The number of piperazine rings is 1. The molecule has 3 nitrogen and oxygen atoms in total. The van der Waals surface area contributed by atoms with E-state index in [0.717, 1.165) is 57.1 Å². The Kier molecular flexibility index (Phi) is 5.16. The second-order valence-corrected chi connectivity index (χ2v) is 5.02. The Morgan fingerprint density at radius 2 is 1.84 bits per heavy atom. The molecule has 0 aliphatic carbocycles. The fraction of sp³-hybridized carbons (Fsp3) is 0.600. The van der Waals surface area contributed by atoms with E-state index in [4.69, 9.17) is 0 Å². The fourth-order valence-electron chi connectivity index (χ4n) is 2.51. The number of likely N-dealkylation sites (N-methyl/N-ethyl adjacent to an activating group) is 1. The largest absolute Gasteiger partial charge is 0.369 e. The standard InChI is InChI=1S/C15H24FN3/c1-3-17-12-13-9-14(16)11-15(10-13)19-7-5-18(4-2)6-8-19/h9-11,17H,3-8,12H2,1-2H3. The monoisotopic (exact) mass is 265 g/mol. The van der Waals surface area contributed by atoms with Crippen LogP contribution < -0.4 is 10.2 Å². The van der Waals surface area contributed by atoms with Crippen molar-refractivity contribution in [3.05, 3.63) is 29.6 Å². The van der Waals surface area contributed by atoms with Crippen LogP contribution in [-0.4, -0.2) is 44.2 Å². The zero-order chi connectivity index (χ0) is 13.7. The van der Waals surface area contributed by atoms with E-state index in [1.807, 2.05) is 0 Å². The minimum atomic E-state index is -0.136. The van der Waals surface area contributed by atoms with Crippen molar-refractivity contribution < 1.29 is 4.39 Å². The Labute approximate surface area is 115 Å². The van der Waals surface area contributed by atoms with Gasteiger partial charge < -0.3 is 15.1 Å². The van der Waals surface area contributed by atoms with Gasteiger partial charge in [-0.3, -0.25) is 0 Å². The first kappa shape index (κ1) is 14.3. The van der Waals surface area contributed by atoms with E-state index >= 15 is 0 Å². The second-order valence-electron chi connectivity index (χ2n) is 5.02. The molecular weight excluding hydrogens is 241 g/mol. The summed E-state index contributed by atoms with van der Waals surface area (Å²) in [6.07, 6.45) is 0. The summed E-state index contributed by atoms with van der Waals surface area (Å²) in [5, 5.41) is 3.24. The molecule has 1 aromatic carbocycles. The van der Waals surface area contributed by atoms with Gasteiger partial charge >= 0.3 is 0 Å². The number of hydrogen-bond acceptors (Lipinski definition) is 3. The van der Waals surface area contributed by atoms with Crippen molar-refractivity contribution >= 4 is 5.69 Å². The lowest BCUT2D eigenvalue weighted by Crippen LogP contribution is -2.46. The average molecular weight is 265 g/mol. The average Bonchev–Trinajstić information content (AvgIpc) is 2.44. The highest BCUT2D eigenvalue weighted by molar-refractivity contribution is 5.49. The molecule has 0 spiro atoms. The normalized spacial score (nSPS) is 16.9. The van der Waals surface area contributed by atoms with E-state index in [1.165, 1.54) is 0 Å². The minimum absolute atomic E-state index is 0.136. The number of anilines is 1. The maximum absolute atomic E-state index is 13.7. The lowest BCUT2D eigenvalue weighted by Gasteiger charge is -2.35. The van der Waals surface area contributed by atoms with Crippen LogP contribution in [0.25, 0.3) is 0 Å². The third kappa shape index (κ3) is 3.91. The van der Waals surface area contributed by atoms with Crippen LogP contribution in [0.1, 0.15) is 19.4 Å². The highest BCUT2D eigenvalue weighted by atomic mass is 19.1. The van der Waals surface area contributed by atoms with Gasteiger partial charge in [0.2, 0.25) is 0 Å². The lowest BCUT2D eigenvalue weighted by molar-refractivity contribution is 0.271. The second kappa shape index (κ2) is 6.87. The van der Waals surface area contributed by atoms with E-state index in [0.29, 0.717) is 0 Å². The summed E-state index contributed by atoms with van der Waals surface area (Å²) >= 11 is 0. The van der Waals surface area contributed by atoms with E-state index < -0.39 is 0 Å². The first-order valence-corrected chi connectivity index (χ1v) is 7.20. The van der Waals surface area contributed by atoms with Gasteiger partial charge in [-0.25, -0.2) is 4.39 Å². The predicted octanol–water partition coefficient (Wildman–Crippen LogP) is 2.08. The molecule has 0 bridgehead atoms. The van der Waals surface area contributed by atoms with Gasteiger partial charge in [0.15, 0.2) is 0 Å². The molecule has 0 saturated carbocycles. The molecule has 19 heavy (non-hydrogen) atoms. The summed E-state index contributed by atoms with van der Waals surface area (Å²) in [6, 6.07) is 5.37. The zero-order valence-corrected chi connectivity index (χ0v) is 12.0. The highest BCUT2D eigenvalue weighted by Crippen LogP contribution is 2.20. The minimum Gasteiger partial charge on any atom is -0.369 e. The Bertz CT molecular complexity index is 400. The number of rotatable bonds is 5. The van der Waals surface area contributed by atoms with E-state index in [2.05, 4.69) is 35.0 Å². The van der Waals surface area contributed by atoms with Gasteiger partial charge in [0.25, 0.3) is 0 Å². The molecule has 1 aliphatic rings. The third-order valence-electron chi connectivity index (χ3n) is 3.71. The van der Waals surface area contributed by atoms with Gasteiger partial charge in [0.05, 0.1) is 0 Å². The Balaban J connectivity index is 2.05. The summed E-state index contributed by atoms with van der Waals surface area (Å²) in [7, 11) is 0.